The first-order chi connectivity index (χ1) is 12.2. The molecular formula is C19H37IN4O2. The fourth-order valence-electron chi connectivity index (χ4n) is 3.58. The summed E-state index contributed by atoms with van der Waals surface area (Å²) in [6.07, 6.45) is 9.45. The number of halogens is 1. The van der Waals surface area contributed by atoms with E-state index in [4.69, 9.17) is 4.74 Å². The van der Waals surface area contributed by atoms with Crippen molar-refractivity contribution in [3.8, 4) is 0 Å². The van der Waals surface area contributed by atoms with Crippen molar-refractivity contribution in [1.29, 1.82) is 0 Å². The number of hydrogen-bond acceptors (Lipinski definition) is 3. The zero-order valence-electron chi connectivity index (χ0n) is 16.5. The number of carbonyl (C=O) groups is 1. The van der Waals surface area contributed by atoms with E-state index >= 15 is 0 Å². The molecule has 7 heteroatoms. The topological polar surface area (TPSA) is 66.0 Å². The van der Waals surface area contributed by atoms with E-state index in [0.29, 0.717) is 18.6 Å². The third-order valence-electron chi connectivity index (χ3n) is 5.01. The maximum atomic E-state index is 11.8. The number of aliphatic imine (C=N–C) groups is 1. The molecule has 1 unspecified atom stereocenters. The fraction of sp³-hybridized carbons (Fsp3) is 0.895. The number of amides is 1. The SMILES string of the molecule is CCNC(=NCCCOC1CCCCC1)NC1CCN(C(=O)CC)C1.I. The van der Waals surface area contributed by atoms with Crippen molar-refractivity contribution in [1.82, 2.24) is 15.5 Å². The number of hydrogen-bond donors (Lipinski definition) is 2. The molecule has 2 rings (SSSR count). The van der Waals surface area contributed by atoms with Gasteiger partial charge in [0.2, 0.25) is 5.91 Å². The summed E-state index contributed by atoms with van der Waals surface area (Å²) in [6.45, 7) is 8.03. The number of guanidine groups is 1. The van der Waals surface area contributed by atoms with Gasteiger partial charge in [-0.25, -0.2) is 0 Å². The van der Waals surface area contributed by atoms with Gasteiger partial charge < -0.3 is 20.3 Å². The molecule has 6 nitrogen and oxygen atoms in total. The van der Waals surface area contributed by atoms with E-state index in [-0.39, 0.29) is 29.9 Å². The van der Waals surface area contributed by atoms with Gasteiger partial charge in [0.1, 0.15) is 0 Å². The Bertz CT molecular complexity index is 428. The Morgan fingerprint density at radius 3 is 2.65 bits per heavy atom. The Kier molecular flexibility index (Phi) is 12.3. The molecule has 0 aromatic carbocycles. The third-order valence-corrected chi connectivity index (χ3v) is 5.01. The molecule has 0 radical (unpaired) electrons. The van der Waals surface area contributed by atoms with Crippen LogP contribution in [0.4, 0.5) is 0 Å². The predicted molar refractivity (Wildman–Crippen MR) is 117 cm³/mol. The zero-order valence-corrected chi connectivity index (χ0v) is 18.8. The maximum Gasteiger partial charge on any atom is 0.222 e. The predicted octanol–water partition coefficient (Wildman–Crippen LogP) is 2.91. The first-order valence-electron chi connectivity index (χ1n) is 10.2. The molecule has 1 atom stereocenters. The number of carbonyl (C=O) groups excluding carboxylic acids is 1. The van der Waals surface area contributed by atoms with Gasteiger partial charge in [0.25, 0.3) is 0 Å². The van der Waals surface area contributed by atoms with Gasteiger partial charge in [-0.2, -0.15) is 0 Å². The highest BCUT2D eigenvalue weighted by Crippen LogP contribution is 2.20. The van der Waals surface area contributed by atoms with E-state index < -0.39 is 0 Å². The monoisotopic (exact) mass is 480 g/mol. The molecule has 1 saturated heterocycles. The van der Waals surface area contributed by atoms with Gasteiger partial charge in [-0.3, -0.25) is 9.79 Å². The van der Waals surface area contributed by atoms with Crippen LogP contribution in [0.2, 0.25) is 0 Å². The van der Waals surface area contributed by atoms with E-state index in [1.165, 1.54) is 32.1 Å². The van der Waals surface area contributed by atoms with Crippen LogP contribution >= 0.6 is 24.0 Å². The van der Waals surface area contributed by atoms with Crippen LogP contribution < -0.4 is 10.6 Å². The van der Waals surface area contributed by atoms with E-state index in [1.807, 2.05) is 11.8 Å². The van der Waals surface area contributed by atoms with E-state index in [9.17, 15) is 4.79 Å². The van der Waals surface area contributed by atoms with E-state index in [0.717, 1.165) is 51.6 Å². The van der Waals surface area contributed by atoms with Gasteiger partial charge in [-0.1, -0.05) is 26.2 Å². The second-order valence-corrected chi connectivity index (χ2v) is 7.07. The largest absolute Gasteiger partial charge is 0.378 e. The Hall–Kier alpha value is -0.570. The first kappa shape index (κ1) is 23.5. The molecule has 0 bridgehead atoms. The second kappa shape index (κ2) is 13.6. The number of nitrogens with one attached hydrogen (secondary N) is 2. The lowest BCUT2D eigenvalue weighted by molar-refractivity contribution is -0.129. The molecule has 152 valence electrons. The highest BCUT2D eigenvalue weighted by molar-refractivity contribution is 14.0. The minimum atomic E-state index is 0. The number of nitrogens with zero attached hydrogens (tertiary/aromatic N) is 2. The molecule has 1 saturated carbocycles. The highest BCUT2D eigenvalue weighted by atomic mass is 127. The molecule has 2 aliphatic rings. The zero-order chi connectivity index (χ0) is 17.9. The summed E-state index contributed by atoms with van der Waals surface area (Å²) in [4.78, 5) is 18.4. The van der Waals surface area contributed by atoms with Crippen molar-refractivity contribution in [2.24, 2.45) is 4.99 Å². The minimum absolute atomic E-state index is 0. The van der Waals surface area contributed by atoms with Crippen molar-refractivity contribution in [2.45, 2.75) is 77.4 Å². The van der Waals surface area contributed by atoms with Crippen LogP contribution in [0, 0.1) is 0 Å². The summed E-state index contributed by atoms with van der Waals surface area (Å²) in [5.74, 6) is 1.10. The standard InChI is InChI=1S/C19H36N4O2.HI/c1-3-18(24)23-13-11-16(15-23)22-19(20-4-2)21-12-8-14-25-17-9-6-5-7-10-17;/h16-17H,3-15H2,1-2H3,(H2,20,21,22);1H. The first-order valence-corrected chi connectivity index (χ1v) is 10.2. The summed E-state index contributed by atoms with van der Waals surface area (Å²) < 4.78 is 5.96. The van der Waals surface area contributed by atoms with Gasteiger partial charge >= 0.3 is 0 Å². The maximum absolute atomic E-state index is 11.8. The molecule has 26 heavy (non-hydrogen) atoms. The van der Waals surface area contributed by atoms with Crippen molar-refractivity contribution in [3.05, 3.63) is 0 Å². The van der Waals surface area contributed by atoms with Crippen LogP contribution in [0.15, 0.2) is 4.99 Å². The molecule has 0 aromatic heterocycles. The Morgan fingerprint density at radius 1 is 1.19 bits per heavy atom. The molecule has 1 aliphatic heterocycles. The normalized spacial score (nSPS) is 21.4. The van der Waals surface area contributed by atoms with Crippen molar-refractivity contribution >= 4 is 35.8 Å². The number of ether oxygens (including phenoxy) is 1. The van der Waals surface area contributed by atoms with Crippen LogP contribution in [-0.4, -0.2) is 61.7 Å². The lowest BCUT2D eigenvalue weighted by atomic mass is 9.98. The molecule has 0 spiro atoms. The summed E-state index contributed by atoms with van der Waals surface area (Å²) >= 11 is 0. The molecule has 0 aromatic rings. The highest BCUT2D eigenvalue weighted by Gasteiger charge is 2.25. The van der Waals surface area contributed by atoms with Crippen molar-refractivity contribution in [3.63, 3.8) is 0 Å². The van der Waals surface area contributed by atoms with Crippen LogP contribution in [0.3, 0.4) is 0 Å². The number of likely N-dealkylation sites (tertiary alicyclic amines) is 1. The van der Waals surface area contributed by atoms with E-state index in [2.05, 4.69) is 22.5 Å². The minimum Gasteiger partial charge on any atom is -0.378 e. The molecule has 1 amide bonds. The van der Waals surface area contributed by atoms with Gasteiger partial charge in [0.05, 0.1) is 6.10 Å². The summed E-state index contributed by atoms with van der Waals surface area (Å²) in [5, 5.41) is 6.77. The quantitative estimate of drug-likeness (QED) is 0.243. The van der Waals surface area contributed by atoms with Crippen LogP contribution in [0.1, 0.15) is 65.2 Å². The molecular weight excluding hydrogens is 443 g/mol. The summed E-state index contributed by atoms with van der Waals surface area (Å²) in [6, 6.07) is 0.298. The van der Waals surface area contributed by atoms with Crippen LogP contribution in [0.5, 0.6) is 0 Å². The van der Waals surface area contributed by atoms with Crippen LogP contribution in [-0.2, 0) is 9.53 Å². The van der Waals surface area contributed by atoms with Crippen LogP contribution in [0.25, 0.3) is 0 Å². The third kappa shape index (κ3) is 8.41. The molecule has 1 heterocycles. The second-order valence-electron chi connectivity index (χ2n) is 7.07. The smallest absolute Gasteiger partial charge is 0.222 e. The number of rotatable bonds is 8. The van der Waals surface area contributed by atoms with Gasteiger partial charge in [0, 0.05) is 45.2 Å². The average Bonchev–Trinajstić information content (AvgIpc) is 3.10. The Balaban J connectivity index is 0.00000338. The lowest BCUT2D eigenvalue weighted by Crippen LogP contribution is -2.45. The lowest BCUT2D eigenvalue weighted by Gasteiger charge is -2.21. The summed E-state index contributed by atoms with van der Waals surface area (Å²) in [7, 11) is 0. The average molecular weight is 480 g/mol. The van der Waals surface area contributed by atoms with Gasteiger partial charge in [-0.15, -0.1) is 24.0 Å². The summed E-state index contributed by atoms with van der Waals surface area (Å²) in [5.41, 5.74) is 0. The molecule has 2 fully saturated rings. The van der Waals surface area contributed by atoms with Gasteiger partial charge in [-0.05, 0) is 32.6 Å². The Morgan fingerprint density at radius 2 is 1.96 bits per heavy atom. The van der Waals surface area contributed by atoms with Gasteiger partial charge in [0.15, 0.2) is 5.96 Å². The van der Waals surface area contributed by atoms with E-state index in [1.54, 1.807) is 0 Å². The fourth-order valence-corrected chi connectivity index (χ4v) is 3.58. The molecule has 1 aliphatic carbocycles. The Labute approximate surface area is 175 Å². The van der Waals surface area contributed by atoms with Crippen molar-refractivity contribution < 1.29 is 9.53 Å². The molecule has 2 N–H and O–H groups in total. The van der Waals surface area contributed by atoms with Crippen molar-refractivity contribution in [2.75, 3.05) is 32.8 Å².